The van der Waals surface area contributed by atoms with Crippen molar-refractivity contribution in [2.75, 3.05) is 7.05 Å². The second-order valence-electron chi connectivity index (χ2n) is 3.61. The standard InChI is InChI=1S/C10H11F4NOS/c1-6-3-4-17-7(6)5-15(2)9(16)10(13,14)8(11)12/h3-4,8H,5H2,1-2H3. The van der Waals surface area contributed by atoms with Crippen molar-refractivity contribution in [1.82, 2.24) is 4.90 Å². The number of carbonyl (C=O) groups excluding carboxylic acids is 1. The molecule has 1 heterocycles. The maximum atomic E-state index is 12.8. The van der Waals surface area contributed by atoms with Gasteiger partial charge in [0.25, 0.3) is 5.91 Å². The van der Waals surface area contributed by atoms with Crippen molar-refractivity contribution in [2.24, 2.45) is 0 Å². The van der Waals surface area contributed by atoms with Crippen LogP contribution in [0.25, 0.3) is 0 Å². The fourth-order valence-electron chi connectivity index (χ4n) is 1.20. The Bertz CT molecular complexity index is 405. The van der Waals surface area contributed by atoms with Crippen LogP contribution in [0.1, 0.15) is 10.4 Å². The quantitative estimate of drug-likeness (QED) is 0.770. The van der Waals surface area contributed by atoms with E-state index in [9.17, 15) is 22.4 Å². The van der Waals surface area contributed by atoms with Gasteiger partial charge in [0, 0.05) is 11.9 Å². The van der Waals surface area contributed by atoms with Gasteiger partial charge in [-0.05, 0) is 23.9 Å². The maximum absolute atomic E-state index is 12.8. The maximum Gasteiger partial charge on any atom is 0.383 e. The summed E-state index contributed by atoms with van der Waals surface area (Å²) in [6.45, 7) is 1.67. The second-order valence-corrected chi connectivity index (χ2v) is 4.61. The van der Waals surface area contributed by atoms with Gasteiger partial charge in [0.15, 0.2) is 0 Å². The summed E-state index contributed by atoms with van der Waals surface area (Å²) in [5.41, 5.74) is 0.843. The molecule has 0 saturated carbocycles. The molecule has 1 rings (SSSR count). The summed E-state index contributed by atoms with van der Waals surface area (Å²) in [5.74, 6) is -6.49. The predicted molar refractivity (Wildman–Crippen MR) is 56.5 cm³/mol. The monoisotopic (exact) mass is 269 g/mol. The van der Waals surface area contributed by atoms with Crippen LogP contribution < -0.4 is 0 Å². The van der Waals surface area contributed by atoms with E-state index in [2.05, 4.69) is 0 Å². The van der Waals surface area contributed by atoms with E-state index in [-0.39, 0.29) is 6.54 Å². The molecule has 0 aromatic carbocycles. The summed E-state index contributed by atoms with van der Waals surface area (Å²) in [4.78, 5) is 12.5. The van der Waals surface area contributed by atoms with Crippen LogP contribution >= 0.6 is 11.3 Å². The van der Waals surface area contributed by atoms with Crippen LogP contribution in [-0.4, -0.2) is 30.2 Å². The number of rotatable bonds is 4. The zero-order chi connectivity index (χ0) is 13.2. The molecule has 0 aliphatic heterocycles. The minimum absolute atomic E-state index is 0.0926. The molecule has 0 aliphatic carbocycles. The summed E-state index contributed by atoms with van der Waals surface area (Å²) in [7, 11) is 1.08. The van der Waals surface area contributed by atoms with Crippen molar-refractivity contribution in [3.63, 3.8) is 0 Å². The minimum atomic E-state index is -4.63. The molecule has 0 bridgehead atoms. The van der Waals surface area contributed by atoms with Crippen LogP contribution in [0.3, 0.4) is 0 Å². The highest BCUT2D eigenvalue weighted by atomic mass is 32.1. The normalized spacial score (nSPS) is 11.9. The highest BCUT2D eigenvalue weighted by molar-refractivity contribution is 7.10. The summed E-state index contributed by atoms with van der Waals surface area (Å²) in [6, 6.07) is 1.77. The Hall–Kier alpha value is -1.11. The molecule has 17 heavy (non-hydrogen) atoms. The Balaban J connectivity index is 2.75. The molecule has 0 spiro atoms. The van der Waals surface area contributed by atoms with Crippen LogP contribution in [0.15, 0.2) is 11.4 Å². The van der Waals surface area contributed by atoms with Crippen molar-refractivity contribution in [3.05, 3.63) is 21.9 Å². The van der Waals surface area contributed by atoms with E-state index >= 15 is 0 Å². The molecule has 2 nitrogen and oxygen atoms in total. The summed E-state index contributed by atoms with van der Waals surface area (Å²) >= 11 is 1.29. The highest BCUT2D eigenvalue weighted by Gasteiger charge is 2.50. The largest absolute Gasteiger partial charge is 0.383 e. The lowest BCUT2D eigenvalue weighted by Gasteiger charge is -2.22. The van der Waals surface area contributed by atoms with Crippen LogP contribution in [0.5, 0.6) is 0 Å². The van der Waals surface area contributed by atoms with Crippen molar-refractivity contribution in [2.45, 2.75) is 25.8 Å². The SMILES string of the molecule is Cc1ccsc1CN(C)C(=O)C(F)(F)C(F)F. The Morgan fingerprint density at radius 3 is 2.53 bits per heavy atom. The van der Waals surface area contributed by atoms with Crippen LogP contribution in [-0.2, 0) is 11.3 Å². The third-order valence-corrected chi connectivity index (χ3v) is 3.26. The minimum Gasteiger partial charge on any atom is -0.335 e. The molecule has 1 amide bonds. The molecule has 1 aromatic rings. The molecular formula is C10H11F4NOS. The summed E-state index contributed by atoms with van der Waals surface area (Å²) in [5, 5.41) is 1.74. The number of halogens is 4. The van der Waals surface area contributed by atoms with E-state index in [1.54, 1.807) is 18.4 Å². The van der Waals surface area contributed by atoms with Crippen molar-refractivity contribution in [1.29, 1.82) is 0 Å². The van der Waals surface area contributed by atoms with Gasteiger partial charge in [-0.15, -0.1) is 11.3 Å². The van der Waals surface area contributed by atoms with E-state index in [0.29, 0.717) is 9.78 Å². The zero-order valence-corrected chi connectivity index (χ0v) is 10.0. The lowest BCUT2D eigenvalue weighted by molar-refractivity contribution is -0.179. The van der Waals surface area contributed by atoms with E-state index in [0.717, 1.165) is 12.6 Å². The lowest BCUT2D eigenvalue weighted by Crippen LogP contribution is -2.45. The summed E-state index contributed by atoms with van der Waals surface area (Å²) in [6.07, 6.45) is -3.98. The van der Waals surface area contributed by atoms with E-state index in [1.165, 1.54) is 11.3 Å². The average molecular weight is 269 g/mol. The molecule has 1 aromatic heterocycles. The van der Waals surface area contributed by atoms with Gasteiger partial charge in [-0.1, -0.05) is 0 Å². The van der Waals surface area contributed by atoms with Crippen LogP contribution in [0.2, 0.25) is 0 Å². The molecule has 0 atom stereocenters. The van der Waals surface area contributed by atoms with Gasteiger partial charge in [-0.25, -0.2) is 8.78 Å². The molecule has 96 valence electrons. The number of aryl methyl sites for hydroxylation is 1. The molecule has 0 fully saturated rings. The number of hydrogen-bond donors (Lipinski definition) is 0. The third kappa shape index (κ3) is 2.96. The first-order chi connectivity index (χ1) is 7.76. The van der Waals surface area contributed by atoms with Crippen molar-refractivity contribution in [3.8, 4) is 0 Å². The topological polar surface area (TPSA) is 20.3 Å². The van der Waals surface area contributed by atoms with E-state index in [1.807, 2.05) is 0 Å². The smallest absolute Gasteiger partial charge is 0.335 e. The first kappa shape index (κ1) is 14.0. The van der Waals surface area contributed by atoms with Gasteiger partial charge < -0.3 is 4.90 Å². The number of alkyl halides is 4. The van der Waals surface area contributed by atoms with Gasteiger partial charge in [0.1, 0.15) is 0 Å². The van der Waals surface area contributed by atoms with Gasteiger partial charge >= 0.3 is 12.3 Å². The van der Waals surface area contributed by atoms with Crippen molar-refractivity contribution >= 4 is 17.2 Å². The molecule has 0 saturated heterocycles. The molecule has 7 heteroatoms. The Morgan fingerprint density at radius 2 is 2.12 bits per heavy atom. The average Bonchev–Trinajstić information content (AvgIpc) is 2.63. The second kappa shape index (κ2) is 5.03. The molecular weight excluding hydrogens is 258 g/mol. The molecule has 0 radical (unpaired) electrons. The molecule has 0 N–H and O–H groups in total. The van der Waals surface area contributed by atoms with Gasteiger partial charge in [0.05, 0.1) is 6.54 Å². The molecule has 0 aliphatic rings. The Morgan fingerprint density at radius 1 is 1.53 bits per heavy atom. The third-order valence-electron chi connectivity index (χ3n) is 2.25. The van der Waals surface area contributed by atoms with Gasteiger partial charge in [0.2, 0.25) is 0 Å². The number of nitrogens with zero attached hydrogens (tertiary/aromatic N) is 1. The fourth-order valence-corrected chi connectivity index (χ4v) is 2.16. The first-order valence-corrected chi connectivity index (χ1v) is 5.59. The van der Waals surface area contributed by atoms with Gasteiger partial charge in [-0.2, -0.15) is 8.78 Å². The van der Waals surface area contributed by atoms with Gasteiger partial charge in [-0.3, -0.25) is 4.79 Å². The van der Waals surface area contributed by atoms with Crippen LogP contribution in [0.4, 0.5) is 17.6 Å². The number of carbonyl (C=O) groups is 1. The van der Waals surface area contributed by atoms with E-state index < -0.39 is 18.3 Å². The predicted octanol–water partition coefficient (Wildman–Crippen LogP) is 2.92. The zero-order valence-electron chi connectivity index (χ0n) is 9.21. The Kier molecular flexibility index (Phi) is 4.13. The fraction of sp³-hybridized carbons (Fsp3) is 0.500. The van der Waals surface area contributed by atoms with Crippen molar-refractivity contribution < 1.29 is 22.4 Å². The Labute approximate surface area is 99.8 Å². The van der Waals surface area contributed by atoms with Crippen LogP contribution in [0, 0.1) is 6.92 Å². The van der Waals surface area contributed by atoms with E-state index in [4.69, 9.17) is 0 Å². The number of thiophene rings is 1. The highest BCUT2D eigenvalue weighted by Crippen LogP contribution is 2.26. The summed E-state index contributed by atoms with van der Waals surface area (Å²) < 4.78 is 49.5. The number of amides is 1. The number of hydrogen-bond acceptors (Lipinski definition) is 2. The lowest BCUT2D eigenvalue weighted by atomic mass is 10.2. The molecule has 0 unspecified atom stereocenters. The first-order valence-electron chi connectivity index (χ1n) is 4.71.